The topological polar surface area (TPSA) is 94.6 Å². The molecule has 120 valence electrons. The van der Waals surface area contributed by atoms with E-state index in [0.29, 0.717) is 5.76 Å². The summed E-state index contributed by atoms with van der Waals surface area (Å²) in [7, 11) is 0. The summed E-state index contributed by atoms with van der Waals surface area (Å²) in [4.78, 5) is 22.4. The van der Waals surface area contributed by atoms with E-state index in [2.05, 4.69) is 5.32 Å². The van der Waals surface area contributed by atoms with Gasteiger partial charge in [-0.3, -0.25) is 14.9 Å². The first-order valence-electron chi connectivity index (χ1n) is 7.30. The van der Waals surface area contributed by atoms with Crippen LogP contribution in [0.5, 0.6) is 5.75 Å². The minimum absolute atomic E-state index is 0.0145. The van der Waals surface area contributed by atoms with Gasteiger partial charge in [0.05, 0.1) is 4.92 Å². The summed E-state index contributed by atoms with van der Waals surface area (Å²) in [6.07, 6.45) is 2.00. The third-order valence-electron chi connectivity index (χ3n) is 3.48. The smallest absolute Gasteiger partial charge is 0.311 e. The van der Waals surface area contributed by atoms with Crippen molar-refractivity contribution in [2.75, 3.05) is 0 Å². The molecule has 0 atom stereocenters. The number of hydrogen-bond donors (Lipinski definition) is 1. The lowest BCUT2D eigenvalue weighted by Crippen LogP contribution is -2.24. The minimum atomic E-state index is -0.487. The fourth-order valence-electron chi connectivity index (χ4n) is 2.10. The average Bonchev–Trinajstić information content (AvgIpc) is 3.20. The molecule has 0 bridgehead atoms. The van der Waals surface area contributed by atoms with Crippen molar-refractivity contribution in [3.63, 3.8) is 0 Å². The van der Waals surface area contributed by atoms with Gasteiger partial charge in [0, 0.05) is 12.1 Å². The Hall–Kier alpha value is -2.83. The fourth-order valence-corrected chi connectivity index (χ4v) is 2.10. The van der Waals surface area contributed by atoms with Gasteiger partial charge in [-0.15, -0.1) is 0 Å². The molecule has 1 N–H and O–H groups in total. The maximum Gasteiger partial charge on any atom is 0.311 e. The molecule has 0 aliphatic heterocycles. The largest absolute Gasteiger partial charge is 0.479 e. The van der Waals surface area contributed by atoms with Crippen molar-refractivity contribution < 1.29 is 18.9 Å². The van der Waals surface area contributed by atoms with Crippen molar-refractivity contribution in [3.05, 3.63) is 57.5 Å². The van der Waals surface area contributed by atoms with E-state index in [1.54, 1.807) is 31.2 Å². The molecule has 7 nitrogen and oxygen atoms in total. The molecule has 1 saturated carbocycles. The Morgan fingerprint density at radius 3 is 2.87 bits per heavy atom. The Morgan fingerprint density at radius 1 is 1.39 bits per heavy atom. The van der Waals surface area contributed by atoms with E-state index in [9.17, 15) is 14.9 Å². The first kappa shape index (κ1) is 15.1. The Labute approximate surface area is 132 Å². The molecule has 0 unspecified atom stereocenters. The summed E-state index contributed by atoms with van der Waals surface area (Å²) in [5, 5.41) is 13.9. The van der Waals surface area contributed by atoms with E-state index in [0.717, 1.165) is 18.4 Å². The quantitative estimate of drug-likeness (QED) is 0.653. The maximum absolute atomic E-state index is 11.8. The molecule has 0 radical (unpaired) electrons. The second-order valence-corrected chi connectivity index (χ2v) is 5.53. The van der Waals surface area contributed by atoms with E-state index in [-0.39, 0.29) is 35.8 Å². The number of amides is 1. The van der Waals surface area contributed by atoms with Crippen molar-refractivity contribution in [3.8, 4) is 5.75 Å². The lowest BCUT2D eigenvalue weighted by atomic mass is 10.2. The van der Waals surface area contributed by atoms with Crippen LogP contribution in [0.25, 0.3) is 0 Å². The lowest BCUT2D eigenvalue weighted by Gasteiger charge is -2.05. The van der Waals surface area contributed by atoms with Crippen molar-refractivity contribution >= 4 is 11.6 Å². The molecule has 2 aromatic rings. The predicted octanol–water partition coefficient (Wildman–Crippen LogP) is 2.97. The van der Waals surface area contributed by atoms with Crippen LogP contribution in [0.3, 0.4) is 0 Å². The van der Waals surface area contributed by atoms with Crippen LogP contribution in [-0.4, -0.2) is 16.9 Å². The molecule has 1 aliphatic carbocycles. The van der Waals surface area contributed by atoms with Gasteiger partial charge in [0.2, 0.25) is 0 Å². The van der Waals surface area contributed by atoms with Crippen LogP contribution >= 0.6 is 0 Å². The zero-order valence-corrected chi connectivity index (χ0v) is 12.6. The van der Waals surface area contributed by atoms with Gasteiger partial charge >= 0.3 is 5.69 Å². The first-order valence-corrected chi connectivity index (χ1v) is 7.30. The van der Waals surface area contributed by atoms with E-state index < -0.39 is 4.92 Å². The molecule has 0 spiro atoms. The summed E-state index contributed by atoms with van der Waals surface area (Å²) in [5.74, 6) is 0.566. The van der Waals surface area contributed by atoms with Gasteiger partial charge in [0.1, 0.15) is 12.4 Å². The standard InChI is InChI=1S/C16H16N2O5/c1-10-2-6-14(13(8-10)18(20)21)22-9-12-5-7-15(23-12)16(19)17-11-3-4-11/h2,5-8,11H,3-4,9H2,1H3,(H,17,19). The number of carbonyl (C=O) groups excluding carboxylic acids is 1. The van der Waals surface area contributed by atoms with Gasteiger partial charge in [0.15, 0.2) is 11.5 Å². The zero-order chi connectivity index (χ0) is 16.4. The van der Waals surface area contributed by atoms with Crippen LogP contribution in [0.4, 0.5) is 5.69 Å². The normalized spacial score (nSPS) is 13.6. The second-order valence-electron chi connectivity index (χ2n) is 5.53. The minimum Gasteiger partial charge on any atom is -0.479 e. The highest BCUT2D eigenvalue weighted by molar-refractivity contribution is 5.91. The number of furan rings is 1. The molecule has 1 amide bonds. The Morgan fingerprint density at radius 2 is 2.17 bits per heavy atom. The Kier molecular flexibility index (Phi) is 4.01. The molecule has 1 aromatic carbocycles. The highest BCUT2D eigenvalue weighted by Crippen LogP contribution is 2.28. The third kappa shape index (κ3) is 3.68. The number of benzene rings is 1. The monoisotopic (exact) mass is 316 g/mol. The SMILES string of the molecule is Cc1ccc(OCc2ccc(C(=O)NC3CC3)o2)c([N+](=O)[O-])c1. The van der Waals surface area contributed by atoms with Gasteiger partial charge in [-0.1, -0.05) is 6.07 Å². The van der Waals surface area contributed by atoms with Crippen LogP contribution in [0.2, 0.25) is 0 Å². The van der Waals surface area contributed by atoms with Gasteiger partial charge in [-0.05, 0) is 43.5 Å². The highest BCUT2D eigenvalue weighted by atomic mass is 16.6. The van der Waals surface area contributed by atoms with Crippen LogP contribution in [-0.2, 0) is 6.61 Å². The Balaban J connectivity index is 1.65. The number of nitrogens with one attached hydrogen (secondary N) is 1. The second kappa shape index (κ2) is 6.12. The number of nitrogens with zero attached hydrogens (tertiary/aromatic N) is 1. The summed E-state index contributed by atoms with van der Waals surface area (Å²) < 4.78 is 10.9. The molecule has 23 heavy (non-hydrogen) atoms. The fraction of sp³-hybridized carbons (Fsp3) is 0.312. The van der Waals surface area contributed by atoms with Crippen LogP contribution in [0.15, 0.2) is 34.7 Å². The molecule has 0 saturated heterocycles. The molecule has 1 heterocycles. The average molecular weight is 316 g/mol. The van der Waals surface area contributed by atoms with Crippen molar-refractivity contribution in [1.82, 2.24) is 5.32 Å². The van der Waals surface area contributed by atoms with Crippen molar-refractivity contribution in [2.24, 2.45) is 0 Å². The van der Waals surface area contributed by atoms with E-state index in [1.165, 1.54) is 6.07 Å². The predicted molar refractivity (Wildman–Crippen MR) is 81.4 cm³/mol. The number of carbonyl (C=O) groups is 1. The third-order valence-corrected chi connectivity index (χ3v) is 3.48. The number of rotatable bonds is 6. The van der Waals surface area contributed by atoms with E-state index in [1.807, 2.05) is 0 Å². The van der Waals surface area contributed by atoms with Gasteiger partial charge in [0.25, 0.3) is 5.91 Å². The number of aryl methyl sites for hydroxylation is 1. The summed E-state index contributed by atoms with van der Waals surface area (Å²) in [6, 6.07) is 8.19. The van der Waals surface area contributed by atoms with Gasteiger partial charge < -0.3 is 14.5 Å². The molecular weight excluding hydrogens is 300 g/mol. The van der Waals surface area contributed by atoms with E-state index in [4.69, 9.17) is 9.15 Å². The molecule has 7 heteroatoms. The number of nitro benzene ring substituents is 1. The summed E-state index contributed by atoms with van der Waals surface area (Å²) in [6.45, 7) is 1.79. The molecule has 3 rings (SSSR count). The molecule has 1 aliphatic rings. The summed E-state index contributed by atoms with van der Waals surface area (Å²) >= 11 is 0. The molecule has 1 aromatic heterocycles. The van der Waals surface area contributed by atoms with Crippen LogP contribution < -0.4 is 10.1 Å². The van der Waals surface area contributed by atoms with Crippen LogP contribution in [0, 0.1) is 17.0 Å². The number of nitro groups is 1. The van der Waals surface area contributed by atoms with Gasteiger partial charge in [-0.25, -0.2) is 0 Å². The zero-order valence-electron chi connectivity index (χ0n) is 12.6. The highest BCUT2D eigenvalue weighted by Gasteiger charge is 2.25. The van der Waals surface area contributed by atoms with Crippen molar-refractivity contribution in [1.29, 1.82) is 0 Å². The molecular formula is C16H16N2O5. The van der Waals surface area contributed by atoms with Gasteiger partial charge in [-0.2, -0.15) is 0 Å². The number of hydrogen-bond acceptors (Lipinski definition) is 5. The Bertz CT molecular complexity index is 749. The van der Waals surface area contributed by atoms with Crippen molar-refractivity contribution in [2.45, 2.75) is 32.4 Å². The lowest BCUT2D eigenvalue weighted by molar-refractivity contribution is -0.386. The van der Waals surface area contributed by atoms with E-state index >= 15 is 0 Å². The first-order chi connectivity index (χ1) is 11.0. The van der Waals surface area contributed by atoms with Crippen LogP contribution in [0.1, 0.15) is 34.7 Å². The summed E-state index contributed by atoms with van der Waals surface area (Å²) in [5.41, 5.74) is 0.685. The maximum atomic E-state index is 11.8. The number of ether oxygens (including phenoxy) is 1. The molecule has 1 fully saturated rings.